The number of carbonyl (C=O) groups is 1. The minimum atomic E-state index is -0.0298. The molecular weight excluding hydrogens is 404 g/mol. The van der Waals surface area contributed by atoms with Crippen LogP contribution in [0.3, 0.4) is 0 Å². The number of rotatable bonds is 8. The number of hydrogen-bond acceptors (Lipinski definition) is 6. The van der Waals surface area contributed by atoms with Crippen LogP contribution >= 0.6 is 0 Å². The molecule has 7 nitrogen and oxygen atoms in total. The molecule has 1 aliphatic rings. The van der Waals surface area contributed by atoms with Crippen LogP contribution in [-0.4, -0.2) is 36.3 Å². The molecule has 2 heterocycles. The van der Waals surface area contributed by atoms with Crippen molar-refractivity contribution in [1.82, 2.24) is 10.5 Å². The van der Waals surface area contributed by atoms with Crippen LogP contribution in [-0.2, 0) is 17.8 Å². The maximum atomic E-state index is 12.6. The fraction of sp³-hybridized carbons (Fsp3) is 0.360. The van der Waals surface area contributed by atoms with E-state index < -0.39 is 0 Å². The number of hydrogen-bond donors (Lipinski definition) is 3. The molecule has 4 rings (SSSR count). The van der Waals surface area contributed by atoms with Crippen LogP contribution in [0.4, 0.5) is 11.4 Å². The van der Waals surface area contributed by atoms with Gasteiger partial charge in [0.05, 0.1) is 12.2 Å². The predicted molar refractivity (Wildman–Crippen MR) is 125 cm³/mol. The summed E-state index contributed by atoms with van der Waals surface area (Å²) in [4.78, 5) is 14.7. The Morgan fingerprint density at radius 1 is 1.19 bits per heavy atom. The Morgan fingerprint density at radius 3 is 2.84 bits per heavy atom. The van der Waals surface area contributed by atoms with E-state index in [-0.39, 0.29) is 17.6 Å². The van der Waals surface area contributed by atoms with Gasteiger partial charge < -0.3 is 25.2 Å². The number of amides is 1. The number of anilines is 2. The standard InChI is InChI=1S/C25H30N4O3/c1-29(22-7-3-2-4-8-22)17-24-15-21(28-32-24)12-19-16-26-11-10-18(19)13-25(31)27-20-6-5-9-23(30)14-20/h2-9,14-15,18-19,26,30H,10-13,16-17H2,1H3,(H,27,31)/t18-,19-/m0/s1. The van der Waals surface area contributed by atoms with E-state index in [1.54, 1.807) is 24.3 Å². The maximum Gasteiger partial charge on any atom is 0.224 e. The summed E-state index contributed by atoms with van der Waals surface area (Å²) in [6.45, 7) is 2.42. The van der Waals surface area contributed by atoms with Crippen molar-refractivity contribution < 1.29 is 14.4 Å². The fourth-order valence-electron chi connectivity index (χ4n) is 4.32. The van der Waals surface area contributed by atoms with Crippen LogP contribution < -0.4 is 15.5 Å². The van der Waals surface area contributed by atoms with Crippen LogP contribution in [0.1, 0.15) is 24.3 Å². The van der Waals surface area contributed by atoms with Gasteiger partial charge in [0, 0.05) is 37.0 Å². The molecule has 1 fully saturated rings. The molecule has 3 N–H and O–H groups in total. The first-order chi connectivity index (χ1) is 15.6. The third-order valence-electron chi connectivity index (χ3n) is 6.01. The van der Waals surface area contributed by atoms with Gasteiger partial charge in [0.2, 0.25) is 5.91 Å². The summed E-state index contributed by atoms with van der Waals surface area (Å²) >= 11 is 0. The molecule has 2 aromatic carbocycles. The highest BCUT2D eigenvalue weighted by Gasteiger charge is 2.28. The van der Waals surface area contributed by atoms with E-state index in [1.165, 1.54) is 0 Å². The van der Waals surface area contributed by atoms with Gasteiger partial charge in [0.25, 0.3) is 0 Å². The van der Waals surface area contributed by atoms with Crippen molar-refractivity contribution in [2.45, 2.75) is 25.8 Å². The number of aromatic hydroxyl groups is 1. The van der Waals surface area contributed by atoms with Crippen LogP contribution in [0, 0.1) is 11.8 Å². The third-order valence-corrected chi connectivity index (χ3v) is 6.01. The molecule has 1 saturated heterocycles. The molecule has 1 aliphatic heterocycles. The van der Waals surface area contributed by atoms with Gasteiger partial charge in [0.1, 0.15) is 5.75 Å². The summed E-state index contributed by atoms with van der Waals surface area (Å²) in [5.74, 6) is 1.51. The van der Waals surface area contributed by atoms with Crippen LogP contribution in [0.15, 0.2) is 65.2 Å². The predicted octanol–water partition coefficient (Wildman–Crippen LogP) is 3.81. The summed E-state index contributed by atoms with van der Waals surface area (Å²) in [5, 5.41) is 20.2. The Kier molecular flexibility index (Phi) is 7.07. The molecule has 0 bridgehead atoms. The Bertz CT molecular complexity index is 1020. The second-order valence-electron chi connectivity index (χ2n) is 8.50. The van der Waals surface area contributed by atoms with Crippen molar-refractivity contribution >= 4 is 17.3 Å². The number of phenolic OH excluding ortho intramolecular Hbond substituents is 1. The Morgan fingerprint density at radius 2 is 2.03 bits per heavy atom. The van der Waals surface area contributed by atoms with Crippen molar-refractivity contribution in [2.75, 3.05) is 30.4 Å². The first kappa shape index (κ1) is 21.9. The Labute approximate surface area is 188 Å². The lowest BCUT2D eigenvalue weighted by atomic mass is 9.81. The van der Waals surface area contributed by atoms with Gasteiger partial charge in [-0.05, 0) is 62.0 Å². The summed E-state index contributed by atoms with van der Waals surface area (Å²) in [7, 11) is 2.03. The Hall–Kier alpha value is -3.32. The van der Waals surface area contributed by atoms with Crippen molar-refractivity contribution in [3.05, 3.63) is 72.1 Å². The average molecular weight is 435 g/mol. The molecule has 0 saturated carbocycles. The number of nitrogens with zero attached hydrogens (tertiary/aromatic N) is 2. The normalized spacial score (nSPS) is 18.3. The second kappa shape index (κ2) is 10.3. The molecule has 1 aromatic heterocycles. The van der Waals surface area contributed by atoms with Crippen LogP contribution in [0.2, 0.25) is 0 Å². The molecular formula is C25H30N4O3. The van der Waals surface area contributed by atoms with Crippen molar-refractivity contribution in [1.29, 1.82) is 0 Å². The van der Waals surface area contributed by atoms with Crippen molar-refractivity contribution in [3.63, 3.8) is 0 Å². The van der Waals surface area contributed by atoms with Crippen molar-refractivity contribution in [2.24, 2.45) is 11.8 Å². The monoisotopic (exact) mass is 434 g/mol. The first-order valence-corrected chi connectivity index (χ1v) is 11.1. The number of nitrogens with one attached hydrogen (secondary N) is 2. The number of carbonyl (C=O) groups excluding carboxylic acids is 1. The van der Waals surface area contributed by atoms with Gasteiger partial charge in [-0.25, -0.2) is 0 Å². The highest BCUT2D eigenvalue weighted by atomic mass is 16.5. The lowest BCUT2D eigenvalue weighted by Crippen LogP contribution is -2.39. The van der Waals surface area contributed by atoms with Gasteiger partial charge >= 0.3 is 0 Å². The number of aromatic nitrogens is 1. The lowest BCUT2D eigenvalue weighted by Gasteiger charge is -2.31. The molecule has 2 atom stereocenters. The first-order valence-electron chi connectivity index (χ1n) is 11.1. The summed E-state index contributed by atoms with van der Waals surface area (Å²) in [6, 6.07) is 18.8. The van der Waals surface area contributed by atoms with Crippen LogP contribution in [0.25, 0.3) is 0 Å². The van der Waals surface area contributed by atoms with Gasteiger partial charge in [-0.3, -0.25) is 4.79 Å². The van der Waals surface area contributed by atoms with E-state index in [0.717, 1.165) is 43.1 Å². The topological polar surface area (TPSA) is 90.6 Å². The molecule has 1 amide bonds. The van der Waals surface area contributed by atoms with E-state index in [4.69, 9.17) is 4.52 Å². The number of para-hydroxylation sites is 1. The van der Waals surface area contributed by atoms with E-state index in [1.807, 2.05) is 31.3 Å². The SMILES string of the molecule is CN(Cc1cc(C[C@H]2CNCC[C@H]2CC(=O)Nc2cccc(O)c2)no1)c1ccccc1. The number of benzene rings is 2. The summed E-state index contributed by atoms with van der Waals surface area (Å²) in [5.41, 5.74) is 2.66. The third kappa shape index (κ3) is 5.88. The minimum absolute atomic E-state index is 0.0298. The zero-order valence-electron chi connectivity index (χ0n) is 18.3. The highest BCUT2D eigenvalue weighted by molar-refractivity contribution is 5.91. The lowest BCUT2D eigenvalue weighted by molar-refractivity contribution is -0.117. The highest BCUT2D eigenvalue weighted by Crippen LogP contribution is 2.27. The zero-order valence-corrected chi connectivity index (χ0v) is 18.3. The molecule has 3 aromatic rings. The van der Waals surface area contributed by atoms with Gasteiger partial charge in [-0.1, -0.05) is 29.4 Å². The average Bonchev–Trinajstić information content (AvgIpc) is 3.22. The Balaban J connectivity index is 1.33. The summed E-state index contributed by atoms with van der Waals surface area (Å²) < 4.78 is 5.59. The van der Waals surface area contributed by atoms with E-state index in [0.29, 0.717) is 24.6 Å². The zero-order chi connectivity index (χ0) is 22.3. The van der Waals surface area contributed by atoms with E-state index >= 15 is 0 Å². The molecule has 0 radical (unpaired) electrons. The number of piperidine rings is 1. The van der Waals surface area contributed by atoms with Crippen LogP contribution in [0.5, 0.6) is 5.75 Å². The molecule has 0 aliphatic carbocycles. The molecule has 32 heavy (non-hydrogen) atoms. The molecule has 0 unspecified atom stereocenters. The van der Waals surface area contributed by atoms with Gasteiger partial charge in [-0.15, -0.1) is 0 Å². The minimum Gasteiger partial charge on any atom is -0.508 e. The van der Waals surface area contributed by atoms with Gasteiger partial charge in [-0.2, -0.15) is 0 Å². The van der Waals surface area contributed by atoms with E-state index in [9.17, 15) is 9.90 Å². The maximum absolute atomic E-state index is 12.6. The molecule has 0 spiro atoms. The smallest absolute Gasteiger partial charge is 0.224 e. The largest absolute Gasteiger partial charge is 0.508 e. The summed E-state index contributed by atoms with van der Waals surface area (Å²) in [6.07, 6.45) is 2.17. The second-order valence-corrected chi connectivity index (χ2v) is 8.50. The van der Waals surface area contributed by atoms with Crippen molar-refractivity contribution in [3.8, 4) is 5.75 Å². The quantitative estimate of drug-likeness (QED) is 0.499. The van der Waals surface area contributed by atoms with Gasteiger partial charge in [0.15, 0.2) is 5.76 Å². The molecule has 7 heteroatoms. The molecule has 168 valence electrons. The van der Waals surface area contributed by atoms with E-state index in [2.05, 4.69) is 32.8 Å². The number of phenols is 1. The fourth-order valence-corrected chi connectivity index (χ4v) is 4.32.